The molecule has 0 bridgehead atoms. The second-order valence-electron chi connectivity index (χ2n) is 11.1. The van der Waals surface area contributed by atoms with Gasteiger partial charge in [-0.3, -0.25) is 0 Å². The smallest absolute Gasteiger partial charge is 0.136 e. The van der Waals surface area contributed by atoms with Gasteiger partial charge in [-0.05, 0) is 83.5 Å². The molecule has 1 aromatic heterocycles. The highest BCUT2D eigenvalue weighted by atomic mass is 32.1. The van der Waals surface area contributed by atoms with Crippen molar-refractivity contribution in [3.05, 3.63) is 133 Å². The van der Waals surface area contributed by atoms with Gasteiger partial charge in [0.25, 0.3) is 0 Å². The summed E-state index contributed by atoms with van der Waals surface area (Å²) in [4.78, 5) is 2.02. The molecule has 0 atom stereocenters. The second-order valence-corrected chi connectivity index (χ2v) is 12.0. The minimum Gasteiger partial charge on any atom is -0.456 e. The van der Waals surface area contributed by atoms with Crippen molar-refractivity contribution >= 4 is 90.3 Å². The van der Waals surface area contributed by atoms with Crippen molar-refractivity contribution in [2.75, 3.05) is 0 Å². The highest BCUT2D eigenvalue weighted by molar-refractivity contribution is 7.81. The van der Waals surface area contributed by atoms with E-state index in [2.05, 4.69) is 133 Å². The molecule has 1 nitrogen and oxygen atoms in total. The lowest BCUT2D eigenvalue weighted by atomic mass is 9.89. The first-order valence-electron chi connectivity index (χ1n) is 14.4. The molecule has 8 aromatic carbocycles. The van der Waals surface area contributed by atoms with Crippen molar-refractivity contribution in [1.29, 1.82) is 0 Å². The maximum absolute atomic E-state index is 6.64. The van der Waals surface area contributed by atoms with Crippen molar-refractivity contribution in [1.82, 2.24) is 0 Å². The van der Waals surface area contributed by atoms with Gasteiger partial charge in [-0.25, -0.2) is 0 Å². The zero-order chi connectivity index (χ0) is 28.7. The quantitative estimate of drug-likeness (QED) is 0.152. The van der Waals surface area contributed by atoms with Crippen molar-refractivity contribution in [3.63, 3.8) is 0 Å². The van der Waals surface area contributed by atoms with E-state index in [9.17, 15) is 0 Å². The summed E-state index contributed by atoms with van der Waals surface area (Å²) in [7, 11) is 0. The number of furan rings is 1. The Balaban J connectivity index is 1.36. The topological polar surface area (TPSA) is 13.1 Å². The van der Waals surface area contributed by atoms with E-state index in [-0.39, 0.29) is 0 Å². The van der Waals surface area contributed by atoms with Gasteiger partial charge in [0.05, 0.1) is 0 Å². The van der Waals surface area contributed by atoms with Gasteiger partial charge in [-0.2, -0.15) is 0 Å². The molecule has 0 spiro atoms. The minimum absolute atomic E-state index is 0.877. The highest BCUT2D eigenvalue weighted by Crippen LogP contribution is 2.46. The first-order valence-corrected chi connectivity index (χ1v) is 15.3. The molecular weight excluding hydrogens is 561 g/mol. The Morgan fingerprint density at radius 2 is 0.837 bits per heavy atom. The van der Waals surface area contributed by atoms with Crippen LogP contribution in [0.2, 0.25) is 0 Å². The van der Waals surface area contributed by atoms with Gasteiger partial charge in [-0.15, -0.1) is 25.3 Å². The van der Waals surface area contributed by atoms with Gasteiger partial charge in [0.15, 0.2) is 0 Å². The molecule has 202 valence electrons. The zero-order valence-corrected chi connectivity index (χ0v) is 24.8. The average Bonchev–Trinajstić information content (AvgIpc) is 3.44. The van der Waals surface area contributed by atoms with Gasteiger partial charge in [0.2, 0.25) is 0 Å². The van der Waals surface area contributed by atoms with Crippen LogP contribution in [0, 0.1) is 0 Å². The van der Waals surface area contributed by atoms with E-state index in [1.807, 2.05) is 0 Å². The largest absolute Gasteiger partial charge is 0.456 e. The molecular formula is C40H24OS2. The van der Waals surface area contributed by atoms with Crippen LogP contribution < -0.4 is 0 Å². The summed E-state index contributed by atoms with van der Waals surface area (Å²) in [6.07, 6.45) is 0. The van der Waals surface area contributed by atoms with Crippen LogP contribution in [0.1, 0.15) is 0 Å². The molecule has 0 N–H and O–H groups in total. The van der Waals surface area contributed by atoms with Crippen LogP contribution in [0.25, 0.3) is 87.3 Å². The Bertz CT molecular complexity index is 2480. The fourth-order valence-electron chi connectivity index (χ4n) is 7.00. The van der Waals surface area contributed by atoms with E-state index in [4.69, 9.17) is 29.7 Å². The average molecular weight is 585 g/mol. The first-order chi connectivity index (χ1) is 21.2. The van der Waals surface area contributed by atoms with Crippen LogP contribution in [-0.2, 0) is 0 Å². The van der Waals surface area contributed by atoms with Crippen LogP contribution in [0.5, 0.6) is 0 Å². The third-order valence-corrected chi connectivity index (χ3v) is 9.82. The summed E-state index contributed by atoms with van der Waals surface area (Å²) >= 11 is 9.93. The van der Waals surface area contributed by atoms with Gasteiger partial charge in [0, 0.05) is 20.6 Å². The van der Waals surface area contributed by atoms with Crippen LogP contribution in [0.15, 0.2) is 148 Å². The molecule has 0 saturated carbocycles. The van der Waals surface area contributed by atoms with E-state index in [1.165, 1.54) is 38.2 Å². The number of thiol groups is 2. The zero-order valence-electron chi connectivity index (χ0n) is 23.0. The molecule has 0 radical (unpaired) electrons. The monoisotopic (exact) mass is 584 g/mol. The van der Waals surface area contributed by atoms with Gasteiger partial charge < -0.3 is 4.42 Å². The number of hydrogen-bond donors (Lipinski definition) is 2. The maximum atomic E-state index is 6.64. The number of hydrogen-bond acceptors (Lipinski definition) is 3. The summed E-state index contributed by atoms with van der Waals surface area (Å²) in [6.45, 7) is 0. The highest BCUT2D eigenvalue weighted by Gasteiger charge is 2.20. The fraction of sp³-hybridized carbons (Fsp3) is 0. The third kappa shape index (κ3) is 3.56. The summed E-state index contributed by atoms with van der Waals surface area (Å²) in [5.74, 6) is 0. The maximum Gasteiger partial charge on any atom is 0.136 e. The second kappa shape index (κ2) is 9.40. The summed E-state index contributed by atoms with van der Waals surface area (Å²) in [6, 6.07) is 47.3. The Kier molecular flexibility index (Phi) is 5.44. The normalized spacial score (nSPS) is 12.0. The summed E-state index contributed by atoms with van der Waals surface area (Å²) in [5, 5.41) is 11.6. The van der Waals surface area contributed by atoms with E-state index in [1.54, 1.807) is 0 Å². The first kappa shape index (κ1) is 24.9. The molecule has 0 unspecified atom stereocenters. The van der Waals surface area contributed by atoms with Gasteiger partial charge >= 0.3 is 0 Å². The molecule has 0 aliphatic rings. The Morgan fingerprint density at radius 3 is 1.35 bits per heavy atom. The Labute approximate surface area is 259 Å². The van der Waals surface area contributed by atoms with E-state index in [0.717, 1.165) is 58.8 Å². The molecule has 0 saturated heterocycles. The molecule has 1 heterocycles. The predicted molar refractivity (Wildman–Crippen MR) is 189 cm³/mol. The molecule has 9 rings (SSSR count). The van der Waals surface area contributed by atoms with Crippen LogP contribution in [0.3, 0.4) is 0 Å². The summed E-state index contributed by atoms with van der Waals surface area (Å²) in [5.41, 5.74) is 6.47. The van der Waals surface area contributed by atoms with Crippen molar-refractivity contribution in [2.24, 2.45) is 0 Å². The molecule has 43 heavy (non-hydrogen) atoms. The number of benzene rings is 8. The molecule has 0 aliphatic carbocycles. The van der Waals surface area contributed by atoms with Crippen LogP contribution >= 0.6 is 25.3 Å². The number of rotatable bonds is 2. The number of fused-ring (bicyclic) bond motifs is 7. The van der Waals surface area contributed by atoms with E-state index < -0.39 is 0 Å². The Morgan fingerprint density at radius 1 is 0.372 bits per heavy atom. The van der Waals surface area contributed by atoms with Crippen LogP contribution in [-0.4, -0.2) is 0 Å². The molecule has 0 fully saturated rings. The fourth-order valence-corrected chi connectivity index (χ4v) is 7.78. The van der Waals surface area contributed by atoms with Crippen molar-refractivity contribution in [3.8, 4) is 22.3 Å². The molecule has 0 amide bonds. The van der Waals surface area contributed by atoms with E-state index >= 15 is 0 Å². The standard InChI is InChI=1S/C40H24OS2/c42-39-28-14-5-1-10-24(28)36(25-11-2-6-15-29(25)39)23-20-21-32-35(22-23)41-34-19-9-18-33(38(32)34)37-26-12-3-7-16-30(26)40(43)31-17-8-4-13-27(31)37/h1-22,42-43H. The Hall–Kier alpha value is -4.70. The van der Waals surface area contributed by atoms with Gasteiger partial charge in [0.1, 0.15) is 11.2 Å². The van der Waals surface area contributed by atoms with Crippen molar-refractivity contribution < 1.29 is 4.42 Å². The molecule has 3 heteroatoms. The summed E-state index contributed by atoms with van der Waals surface area (Å²) < 4.78 is 6.64. The molecule has 9 aromatic rings. The van der Waals surface area contributed by atoms with E-state index in [0.29, 0.717) is 0 Å². The predicted octanol–water partition coefficient (Wildman–Crippen LogP) is 12.1. The molecule has 0 aliphatic heterocycles. The van der Waals surface area contributed by atoms with Gasteiger partial charge in [-0.1, -0.05) is 115 Å². The lowest BCUT2D eigenvalue weighted by Gasteiger charge is -2.15. The van der Waals surface area contributed by atoms with Crippen LogP contribution in [0.4, 0.5) is 0 Å². The lowest BCUT2D eigenvalue weighted by Crippen LogP contribution is -1.89. The SMILES string of the molecule is Sc1c2ccccc2c(-c2ccc3c(c2)oc2cccc(-c4c5ccccc5c(S)c5ccccc45)c23)c2ccccc12. The minimum atomic E-state index is 0.877. The lowest BCUT2D eigenvalue weighted by molar-refractivity contribution is 0.669. The van der Waals surface area contributed by atoms with Crippen molar-refractivity contribution in [2.45, 2.75) is 9.79 Å². The third-order valence-electron chi connectivity index (χ3n) is 8.86.